The zero-order valence-corrected chi connectivity index (χ0v) is 16.7. The number of nitrogens with zero attached hydrogens (tertiary/aromatic N) is 2. The molecular weight excluding hydrogens is 403 g/mol. The van der Waals surface area contributed by atoms with Crippen LogP contribution < -0.4 is 4.90 Å². The first-order chi connectivity index (χ1) is 13.3. The second-order valence-corrected chi connectivity index (χ2v) is 9.89. The predicted octanol–water partition coefficient (Wildman–Crippen LogP) is 2.54. The average Bonchev–Trinajstić information content (AvgIpc) is 2.96. The lowest BCUT2D eigenvalue weighted by Crippen LogP contribution is -2.62. The number of piperazine rings is 1. The molecule has 0 aromatic heterocycles. The first kappa shape index (κ1) is 19.4. The van der Waals surface area contributed by atoms with Crippen molar-refractivity contribution >= 4 is 33.0 Å². The number of anilines is 1. The van der Waals surface area contributed by atoms with E-state index in [4.69, 9.17) is 11.6 Å². The zero-order valence-electron chi connectivity index (χ0n) is 15.1. The van der Waals surface area contributed by atoms with Crippen molar-refractivity contribution < 1.29 is 17.6 Å². The molecule has 28 heavy (non-hydrogen) atoms. The van der Waals surface area contributed by atoms with Gasteiger partial charge in [-0.3, -0.25) is 9.69 Å². The molecule has 0 bridgehead atoms. The number of carbonyl (C=O) groups excluding carboxylic acids is 1. The molecule has 2 aromatic rings. The van der Waals surface area contributed by atoms with Gasteiger partial charge in [-0.15, -0.1) is 0 Å². The lowest BCUT2D eigenvalue weighted by Gasteiger charge is -2.43. The number of fused-ring (bicyclic) bond motifs is 1. The first-order valence-electron chi connectivity index (χ1n) is 9.09. The minimum absolute atomic E-state index is 0.0332. The molecule has 2 heterocycles. The number of amides is 1. The van der Waals surface area contributed by atoms with Gasteiger partial charge in [-0.2, -0.15) is 0 Å². The van der Waals surface area contributed by atoms with Gasteiger partial charge in [-0.25, -0.2) is 12.8 Å². The summed E-state index contributed by atoms with van der Waals surface area (Å²) >= 11 is 6.07. The summed E-state index contributed by atoms with van der Waals surface area (Å²) in [4.78, 5) is 16.5. The Kier molecular flexibility index (Phi) is 5.16. The predicted molar refractivity (Wildman–Crippen MR) is 107 cm³/mol. The molecule has 1 amide bonds. The molecule has 2 aromatic carbocycles. The van der Waals surface area contributed by atoms with Crippen molar-refractivity contribution in [2.24, 2.45) is 0 Å². The molecule has 4 rings (SSSR count). The Morgan fingerprint density at radius 2 is 1.79 bits per heavy atom. The van der Waals surface area contributed by atoms with E-state index in [9.17, 15) is 17.6 Å². The van der Waals surface area contributed by atoms with E-state index in [1.54, 1.807) is 41.3 Å². The van der Waals surface area contributed by atoms with E-state index in [1.165, 1.54) is 12.1 Å². The van der Waals surface area contributed by atoms with Gasteiger partial charge in [0.05, 0.1) is 24.1 Å². The fourth-order valence-corrected chi connectivity index (χ4v) is 6.25. The van der Waals surface area contributed by atoms with Crippen LogP contribution in [0, 0.1) is 5.82 Å². The number of benzene rings is 2. The van der Waals surface area contributed by atoms with Crippen molar-refractivity contribution in [3.63, 3.8) is 0 Å². The number of rotatable bonds is 4. The van der Waals surface area contributed by atoms with Crippen molar-refractivity contribution in [2.75, 3.05) is 29.5 Å². The number of hydrogen-bond acceptors (Lipinski definition) is 4. The van der Waals surface area contributed by atoms with Crippen LogP contribution in [0.25, 0.3) is 0 Å². The zero-order chi connectivity index (χ0) is 19.9. The molecule has 148 valence electrons. The lowest BCUT2D eigenvalue weighted by atomic mass is 10.0. The van der Waals surface area contributed by atoms with E-state index in [0.717, 1.165) is 5.56 Å². The Morgan fingerprint density at radius 3 is 2.50 bits per heavy atom. The van der Waals surface area contributed by atoms with Crippen LogP contribution in [0.3, 0.4) is 0 Å². The fraction of sp³-hybridized carbons (Fsp3) is 0.350. The molecular formula is C20H20ClFN2O3S. The van der Waals surface area contributed by atoms with E-state index in [-0.39, 0.29) is 35.8 Å². The number of halogens is 2. The standard InChI is InChI=1S/C20H20ClFN2O3S/c21-15-2-1-3-17(10-15)24-19-13-28(26,27)12-18(19)23(11-20(24)25)9-8-14-4-6-16(22)7-5-14/h1-7,10,18-19H,8-9,11-13H2/t18-,19+/m0/s1. The molecule has 8 heteroatoms. The van der Waals surface area contributed by atoms with E-state index < -0.39 is 15.9 Å². The van der Waals surface area contributed by atoms with Crippen LogP contribution in [-0.2, 0) is 21.1 Å². The number of sulfone groups is 1. The van der Waals surface area contributed by atoms with Gasteiger partial charge < -0.3 is 4.90 Å². The maximum atomic E-state index is 13.1. The molecule has 0 saturated carbocycles. The molecule has 0 spiro atoms. The van der Waals surface area contributed by atoms with Gasteiger partial charge >= 0.3 is 0 Å². The highest BCUT2D eigenvalue weighted by atomic mass is 35.5. The molecule has 0 unspecified atom stereocenters. The third-order valence-electron chi connectivity index (χ3n) is 5.39. The van der Waals surface area contributed by atoms with E-state index in [2.05, 4.69) is 0 Å². The van der Waals surface area contributed by atoms with Crippen LogP contribution in [0.4, 0.5) is 10.1 Å². The van der Waals surface area contributed by atoms with Crippen molar-refractivity contribution in [3.05, 3.63) is 64.9 Å². The molecule has 2 aliphatic heterocycles. The molecule has 2 saturated heterocycles. The number of hydrogen-bond donors (Lipinski definition) is 0. The minimum atomic E-state index is -3.24. The third kappa shape index (κ3) is 3.92. The van der Waals surface area contributed by atoms with Crippen LogP contribution in [-0.4, -0.2) is 55.9 Å². The second kappa shape index (κ2) is 7.46. The van der Waals surface area contributed by atoms with Gasteiger partial charge in [0.2, 0.25) is 5.91 Å². The molecule has 2 atom stereocenters. The largest absolute Gasteiger partial charge is 0.306 e. The quantitative estimate of drug-likeness (QED) is 0.759. The monoisotopic (exact) mass is 422 g/mol. The minimum Gasteiger partial charge on any atom is -0.306 e. The van der Waals surface area contributed by atoms with Crippen LogP contribution in [0.1, 0.15) is 5.56 Å². The highest BCUT2D eigenvalue weighted by Crippen LogP contribution is 2.32. The highest BCUT2D eigenvalue weighted by Gasteiger charge is 2.49. The third-order valence-corrected chi connectivity index (χ3v) is 7.32. The summed E-state index contributed by atoms with van der Waals surface area (Å²) in [6.07, 6.45) is 0.619. The van der Waals surface area contributed by atoms with Crippen LogP contribution >= 0.6 is 11.6 Å². The lowest BCUT2D eigenvalue weighted by molar-refractivity contribution is -0.123. The summed E-state index contributed by atoms with van der Waals surface area (Å²) in [7, 11) is -3.24. The normalized spacial score (nSPS) is 24.4. The van der Waals surface area contributed by atoms with Gasteiger partial charge in [0.1, 0.15) is 5.82 Å². The molecule has 5 nitrogen and oxygen atoms in total. The molecule has 0 radical (unpaired) electrons. The van der Waals surface area contributed by atoms with E-state index in [1.807, 2.05) is 4.90 Å². The Labute approximate surface area is 168 Å². The summed E-state index contributed by atoms with van der Waals surface area (Å²) in [6, 6.07) is 12.5. The maximum Gasteiger partial charge on any atom is 0.241 e. The Balaban J connectivity index is 1.58. The molecule has 2 aliphatic rings. The topological polar surface area (TPSA) is 57.7 Å². The Bertz CT molecular complexity index is 997. The summed E-state index contributed by atoms with van der Waals surface area (Å²) in [5.74, 6) is -0.454. The molecule has 0 aliphatic carbocycles. The first-order valence-corrected chi connectivity index (χ1v) is 11.3. The summed E-state index contributed by atoms with van der Waals surface area (Å²) < 4.78 is 37.8. The molecule has 0 N–H and O–H groups in total. The van der Waals surface area contributed by atoms with E-state index in [0.29, 0.717) is 23.7 Å². The number of carbonyl (C=O) groups is 1. The Morgan fingerprint density at radius 1 is 1.07 bits per heavy atom. The highest BCUT2D eigenvalue weighted by molar-refractivity contribution is 7.91. The van der Waals surface area contributed by atoms with Crippen molar-refractivity contribution in [1.82, 2.24) is 4.90 Å². The van der Waals surface area contributed by atoms with Crippen molar-refractivity contribution in [2.45, 2.75) is 18.5 Å². The van der Waals surface area contributed by atoms with Crippen molar-refractivity contribution in [1.29, 1.82) is 0 Å². The van der Waals surface area contributed by atoms with Crippen molar-refractivity contribution in [3.8, 4) is 0 Å². The van der Waals surface area contributed by atoms with Crippen LogP contribution in [0.5, 0.6) is 0 Å². The average molecular weight is 423 g/mol. The smallest absolute Gasteiger partial charge is 0.241 e. The second-order valence-electron chi connectivity index (χ2n) is 7.30. The molecule has 2 fully saturated rings. The van der Waals surface area contributed by atoms with Gasteiger partial charge in [0, 0.05) is 23.3 Å². The SMILES string of the molecule is O=C1CN(CCc2ccc(F)cc2)[C@H]2CS(=O)(=O)C[C@H]2N1c1cccc(Cl)c1. The maximum absolute atomic E-state index is 13.1. The Hall–Kier alpha value is -1.96. The fourth-order valence-electron chi connectivity index (χ4n) is 4.09. The summed E-state index contributed by atoms with van der Waals surface area (Å²) in [5, 5.41) is 0.501. The van der Waals surface area contributed by atoms with Gasteiger partial charge in [0.15, 0.2) is 9.84 Å². The van der Waals surface area contributed by atoms with Gasteiger partial charge in [0.25, 0.3) is 0 Å². The van der Waals surface area contributed by atoms with Gasteiger partial charge in [-0.05, 0) is 42.3 Å². The van der Waals surface area contributed by atoms with Crippen LogP contribution in [0.15, 0.2) is 48.5 Å². The summed E-state index contributed by atoms with van der Waals surface area (Å²) in [6.45, 7) is 0.682. The van der Waals surface area contributed by atoms with Gasteiger partial charge in [-0.1, -0.05) is 29.8 Å². The van der Waals surface area contributed by atoms with Crippen LogP contribution in [0.2, 0.25) is 5.02 Å². The summed E-state index contributed by atoms with van der Waals surface area (Å²) in [5.41, 5.74) is 1.58. The van der Waals surface area contributed by atoms with E-state index >= 15 is 0 Å².